The predicted octanol–water partition coefficient (Wildman–Crippen LogP) is 2.19. The van der Waals surface area contributed by atoms with Crippen molar-refractivity contribution in [3.05, 3.63) is 0 Å². The molecule has 0 aliphatic carbocycles. The van der Waals surface area contributed by atoms with Gasteiger partial charge in [-0.05, 0) is 26.2 Å². The standard InChI is InChI=1S/C11H20O3/c1-8(2)11(4,10(13)14-5)7-6-9(3)12/h8H,6-7H2,1-5H3/t11-/m1/s1. The van der Waals surface area contributed by atoms with E-state index in [0.29, 0.717) is 12.8 Å². The van der Waals surface area contributed by atoms with Crippen molar-refractivity contribution in [3.63, 3.8) is 0 Å². The quantitative estimate of drug-likeness (QED) is 0.639. The van der Waals surface area contributed by atoms with Crippen LogP contribution in [0.15, 0.2) is 0 Å². The highest BCUT2D eigenvalue weighted by atomic mass is 16.5. The van der Waals surface area contributed by atoms with Crippen molar-refractivity contribution < 1.29 is 14.3 Å². The molecule has 0 N–H and O–H groups in total. The van der Waals surface area contributed by atoms with Crippen LogP contribution in [0.3, 0.4) is 0 Å². The summed E-state index contributed by atoms with van der Waals surface area (Å²) < 4.78 is 4.76. The third kappa shape index (κ3) is 3.13. The van der Waals surface area contributed by atoms with E-state index in [1.165, 1.54) is 14.0 Å². The second-order valence-electron chi connectivity index (χ2n) is 4.27. The molecule has 0 saturated carbocycles. The molecule has 0 aromatic heterocycles. The molecule has 0 radical (unpaired) electrons. The van der Waals surface area contributed by atoms with Gasteiger partial charge in [0.25, 0.3) is 0 Å². The van der Waals surface area contributed by atoms with Gasteiger partial charge < -0.3 is 9.53 Å². The molecule has 0 spiro atoms. The topological polar surface area (TPSA) is 43.4 Å². The molecule has 0 heterocycles. The van der Waals surface area contributed by atoms with Crippen LogP contribution in [-0.4, -0.2) is 18.9 Å². The lowest BCUT2D eigenvalue weighted by Gasteiger charge is -2.30. The minimum atomic E-state index is -0.541. The molecule has 0 aromatic carbocycles. The van der Waals surface area contributed by atoms with Crippen molar-refractivity contribution in [2.75, 3.05) is 7.11 Å². The lowest BCUT2D eigenvalue weighted by molar-refractivity contribution is -0.155. The van der Waals surface area contributed by atoms with Crippen LogP contribution in [0.1, 0.15) is 40.5 Å². The van der Waals surface area contributed by atoms with Crippen LogP contribution in [0.4, 0.5) is 0 Å². The van der Waals surface area contributed by atoms with Gasteiger partial charge in [0.15, 0.2) is 0 Å². The maximum Gasteiger partial charge on any atom is 0.311 e. The molecule has 14 heavy (non-hydrogen) atoms. The fraction of sp³-hybridized carbons (Fsp3) is 0.818. The zero-order valence-electron chi connectivity index (χ0n) is 9.72. The number of esters is 1. The second-order valence-corrected chi connectivity index (χ2v) is 4.27. The molecule has 3 heteroatoms. The van der Waals surface area contributed by atoms with E-state index in [4.69, 9.17) is 4.74 Å². The third-order valence-electron chi connectivity index (χ3n) is 2.92. The summed E-state index contributed by atoms with van der Waals surface area (Å²) in [5.41, 5.74) is -0.541. The Hall–Kier alpha value is -0.860. The number of carbonyl (C=O) groups is 2. The molecule has 0 amide bonds. The number of ketones is 1. The van der Waals surface area contributed by atoms with Crippen molar-refractivity contribution >= 4 is 11.8 Å². The molecule has 0 unspecified atom stereocenters. The Morgan fingerprint density at radius 1 is 1.36 bits per heavy atom. The monoisotopic (exact) mass is 200 g/mol. The Balaban J connectivity index is 4.55. The van der Waals surface area contributed by atoms with Crippen LogP contribution in [-0.2, 0) is 14.3 Å². The van der Waals surface area contributed by atoms with Crippen LogP contribution < -0.4 is 0 Å². The molecular weight excluding hydrogens is 180 g/mol. The number of ether oxygens (including phenoxy) is 1. The first kappa shape index (κ1) is 13.1. The Bertz CT molecular complexity index is 221. The predicted molar refractivity (Wildman–Crippen MR) is 54.9 cm³/mol. The molecule has 0 saturated heterocycles. The second kappa shape index (κ2) is 5.13. The van der Waals surface area contributed by atoms with Gasteiger partial charge in [-0.15, -0.1) is 0 Å². The van der Waals surface area contributed by atoms with Crippen molar-refractivity contribution in [3.8, 4) is 0 Å². The van der Waals surface area contributed by atoms with E-state index in [-0.39, 0.29) is 17.7 Å². The van der Waals surface area contributed by atoms with Crippen molar-refractivity contribution in [1.82, 2.24) is 0 Å². The normalized spacial score (nSPS) is 15.0. The van der Waals surface area contributed by atoms with Crippen molar-refractivity contribution in [2.24, 2.45) is 11.3 Å². The van der Waals surface area contributed by atoms with E-state index >= 15 is 0 Å². The number of Topliss-reactive ketones (excluding diaryl/α,β-unsaturated/α-hetero) is 1. The average Bonchev–Trinajstić information content (AvgIpc) is 2.12. The smallest absolute Gasteiger partial charge is 0.311 e. The highest BCUT2D eigenvalue weighted by Gasteiger charge is 2.37. The van der Waals surface area contributed by atoms with Gasteiger partial charge in [0.2, 0.25) is 0 Å². The maximum atomic E-state index is 11.6. The summed E-state index contributed by atoms with van der Waals surface area (Å²) in [6.07, 6.45) is 0.996. The van der Waals surface area contributed by atoms with Crippen LogP contribution in [0, 0.1) is 11.3 Å². The molecule has 82 valence electrons. The number of hydrogen-bond acceptors (Lipinski definition) is 3. The molecule has 0 aliphatic rings. The summed E-state index contributed by atoms with van der Waals surface area (Å²) in [7, 11) is 1.39. The highest BCUT2D eigenvalue weighted by molar-refractivity contribution is 5.79. The van der Waals surface area contributed by atoms with Crippen LogP contribution in [0.25, 0.3) is 0 Å². The van der Waals surface area contributed by atoms with Gasteiger partial charge in [0.1, 0.15) is 5.78 Å². The molecule has 3 nitrogen and oxygen atoms in total. The molecule has 0 aromatic rings. The van der Waals surface area contributed by atoms with Gasteiger partial charge in [-0.3, -0.25) is 4.79 Å². The van der Waals surface area contributed by atoms with E-state index in [0.717, 1.165) is 0 Å². The summed E-state index contributed by atoms with van der Waals surface area (Å²) in [4.78, 5) is 22.4. The summed E-state index contributed by atoms with van der Waals surface area (Å²) >= 11 is 0. The third-order valence-corrected chi connectivity index (χ3v) is 2.92. The van der Waals surface area contributed by atoms with E-state index in [1.807, 2.05) is 20.8 Å². The first-order valence-electron chi connectivity index (χ1n) is 4.92. The van der Waals surface area contributed by atoms with E-state index < -0.39 is 5.41 Å². The Morgan fingerprint density at radius 2 is 1.86 bits per heavy atom. The van der Waals surface area contributed by atoms with E-state index in [2.05, 4.69) is 0 Å². The van der Waals surface area contributed by atoms with E-state index in [9.17, 15) is 9.59 Å². The number of rotatable bonds is 5. The Morgan fingerprint density at radius 3 is 2.14 bits per heavy atom. The van der Waals surface area contributed by atoms with Gasteiger partial charge in [-0.1, -0.05) is 13.8 Å². The van der Waals surface area contributed by atoms with E-state index in [1.54, 1.807) is 0 Å². The van der Waals surface area contributed by atoms with Gasteiger partial charge in [0, 0.05) is 6.42 Å². The van der Waals surface area contributed by atoms with Gasteiger partial charge in [-0.2, -0.15) is 0 Å². The fourth-order valence-electron chi connectivity index (χ4n) is 1.30. The average molecular weight is 200 g/mol. The Labute approximate surface area is 85.8 Å². The zero-order valence-corrected chi connectivity index (χ0v) is 9.72. The molecule has 0 fully saturated rings. The van der Waals surface area contributed by atoms with Gasteiger partial charge in [-0.25, -0.2) is 0 Å². The SMILES string of the molecule is COC(=O)[C@](C)(CCC(C)=O)C(C)C. The largest absolute Gasteiger partial charge is 0.469 e. The van der Waals surface area contributed by atoms with Gasteiger partial charge in [0.05, 0.1) is 12.5 Å². The fourth-order valence-corrected chi connectivity index (χ4v) is 1.30. The maximum absolute atomic E-state index is 11.6. The lowest BCUT2D eigenvalue weighted by atomic mass is 9.75. The number of methoxy groups -OCH3 is 1. The minimum Gasteiger partial charge on any atom is -0.469 e. The molecule has 0 bridgehead atoms. The van der Waals surface area contributed by atoms with Crippen molar-refractivity contribution in [2.45, 2.75) is 40.5 Å². The number of carbonyl (C=O) groups excluding carboxylic acids is 2. The van der Waals surface area contributed by atoms with Gasteiger partial charge >= 0.3 is 5.97 Å². The molecule has 0 aliphatic heterocycles. The summed E-state index contributed by atoms with van der Waals surface area (Å²) in [5, 5.41) is 0. The molecule has 1 atom stereocenters. The molecular formula is C11H20O3. The van der Waals surface area contributed by atoms with Crippen LogP contribution >= 0.6 is 0 Å². The lowest BCUT2D eigenvalue weighted by Crippen LogP contribution is -2.34. The van der Waals surface area contributed by atoms with Crippen LogP contribution in [0.2, 0.25) is 0 Å². The summed E-state index contributed by atoms with van der Waals surface area (Å²) in [6, 6.07) is 0. The molecule has 0 rings (SSSR count). The summed E-state index contributed by atoms with van der Waals surface area (Å²) in [6.45, 7) is 7.33. The minimum absolute atomic E-state index is 0.112. The zero-order chi connectivity index (χ0) is 11.4. The Kier molecular flexibility index (Phi) is 4.81. The first-order valence-corrected chi connectivity index (χ1v) is 4.92. The first-order chi connectivity index (χ1) is 6.34. The summed E-state index contributed by atoms with van der Waals surface area (Å²) in [5.74, 6) is 0.0591. The number of hydrogen-bond donors (Lipinski definition) is 0. The van der Waals surface area contributed by atoms with Crippen LogP contribution in [0.5, 0.6) is 0 Å². The highest BCUT2D eigenvalue weighted by Crippen LogP contribution is 2.33. The van der Waals surface area contributed by atoms with Crippen molar-refractivity contribution in [1.29, 1.82) is 0 Å².